The zero-order chi connectivity index (χ0) is 27.1. The average molecular weight is 536 g/mol. The molecule has 0 aliphatic heterocycles. The summed E-state index contributed by atoms with van der Waals surface area (Å²) in [7, 11) is -0.226. The van der Waals surface area contributed by atoms with Crippen molar-refractivity contribution in [1.29, 1.82) is 0 Å². The minimum Gasteiger partial charge on any atom is -0.451 e. The zero-order valence-corrected chi connectivity index (χ0v) is 23.3. The maximum atomic E-state index is 13.8. The first-order valence-electron chi connectivity index (χ1n) is 13.4. The molecule has 0 N–H and O–H groups in total. The molecule has 4 aromatic carbocycles. The van der Waals surface area contributed by atoms with Gasteiger partial charge in [-0.25, -0.2) is 4.79 Å². The number of esters is 2. The zero-order valence-electron chi connectivity index (χ0n) is 22.5. The Balaban J connectivity index is 1.38. The molecule has 196 valence electrons. The lowest BCUT2D eigenvalue weighted by molar-refractivity contribution is -0.131. The molecule has 1 aliphatic carbocycles. The van der Waals surface area contributed by atoms with Crippen molar-refractivity contribution < 1.29 is 19.1 Å². The van der Waals surface area contributed by atoms with Crippen LogP contribution in [-0.4, -0.2) is 11.9 Å². The summed E-state index contributed by atoms with van der Waals surface area (Å²) >= 11 is 0. The van der Waals surface area contributed by atoms with E-state index in [4.69, 9.17) is 9.47 Å². The Morgan fingerprint density at radius 1 is 0.769 bits per heavy atom. The summed E-state index contributed by atoms with van der Waals surface area (Å²) < 4.78 is 14.4. The third-order valence-electron chi connectivity index (χ3n) is 7.77. The number of carbonyl (C=O) groups is 2. The van der Waals surface area contributed by atoms with Crippen molar-refractivity contribution in [3.8, 4) is 10.6 Å². The molecule has 1 fully saturated rings. The number of fused-ring (bicyclic) bond motifs is 3. The van der Waals surface area contributed by atoms with Gasteiger partial charge in [0.05, 0.1) is 5.56 Å². The van der Waals surface area contributed by atoms with E-state index in [9.17, 15) is 9.59 Å². The highest BCUT2D eigenvalue weighted by atomic mass is 32.2. The van der Waals surface area contributed by atoms with Gasteiger partial charge in [0.2, 0.25) is 0 Å². The van der Waals surface area contributed by atoms with Crippen LogP contribution in [-0.2, 0) is 15.1 Å². The normalized spacial score (nSPS) is 14.5. The molecule has 39 heavy (non-hydrogen) atoms. The number of aryl methyl sites for hydroxylation is 2. The molecule has 5 heteroatoms. The fourth-order valence-corrected chi connectivity index (χ4v) is 8.66. The molecule has 1 heterocycles. The first-order chi connectivity index (χ1) is 18.9. The van der Waals surface area contributed by atoms with Crippen LogP contribution in [0.4, 0.5) is 0 Å². The number of carbonyl (C=O) groups excluding carboxylic acids is 2. The molecule has 5 aromatic rings. The Labute approximate surface area is 231 Å². The second kappa shape index (κ2) is 9.97. The molecule has 6 rings (SSSR count). The average Bonchev–Trinajstić information content (AvgIpc) is 3.51. The van der Waals surface area contributed by atoms with Gasteiger partial charge in [-0.1, -0.05) is 36.4 Å². The molecule has 0 unspecified atom stereocenters. The predicted molar refractivity (Wildman–Crippen MR) is 158 cm³/mol. The van der Waals surface area contributed by atoms with Gasteiger partial charge in [-0.05, 0) is 92.6 Å². The van der Waals surface area contributed by atoms with Gasteiger partial charge in [0, 0.05) is 40.3 Å². The van der Waals surface area contributed by atoms with Gasteiger partial charge >= 0.3 is 11.9 Å². The monoisotopic (exact) mass is 535 g/mol. The first kappa shape index (κ1) is 25.3. The third kappa shape index (κ3) is 4.51. The van der Waals surface area contributed by atoms with Crippen molar-refractivity contribution in [3.63, 3.8) is 0 Å². The van der Waals surface area contributed by atoms with Gasteiger partial charge in [-0.15, -0.1) is 0 Å². The molecule has 0 radical (unpaired) electrons. The highest BCUT2D eigenvalue weighted by Crippen LogP contribution is 2.49. The van der Waals surface area contributed by atoms with Crippen molar-refractivity contribution >= 4 is 42.6 Å². The molecule has 0 saturated heterocycles. The summed E-state index contributed by atoms with van der Waals surface area (Å²) in [6.45, 7) is 5.40. The molecule has 1 saturated carbocycles. The van der Waals surface area contributed by atoms with Gasteiger partial charge in [0.25, 0.3) is 0 Å². The van der Waals surface area contributed by atoms with E-state index in [1.54, 1.807) is 6.07 Å². The van der Waals surface area contributed by atoms with Crippen LogP contribution in [0.25, 0.3) is 25.1 Å². The van der Waals surface area contributed by atoms with Crippen LogP contribution in [0, 0.1) is 13.8 Å². The van der Waals surface area contributed by atoms with E-state index < -0.39 is 5.60 Å². The molecule has 0 bridgehead atoms. The van der Waals surface area contributed by atoms with E-state index in [0.29, 0.717) is 11.3 Å². The SMILES string of the molecule is CC(=O)Oc1cccc(C2(OC(=O)c3c(C)cc(-[s+]4c5ccccc5c5ccccc54)cc3C)CCCC2)c1. The Kier molecular flexibility index (Phi) is 6.48. The van der Waals surface area contributed by atoms with Crippen molar-refractivity contribution in [2.24, 2.45) is 0 Å². The predicted octanol–water partition coefficient (Wildman–Crippen LogP) is 8.90. The molecule has 1 aromatic heterocycles. The second-order valence-electron chi connectivity index (χ2n) is 10.4. The fraction of sp³-hybridized carbons (Fsp3) is 0.235. The van der Waals surface area contributed by atoms with Crippen LogP contribution in [0.3, 0.4) is 0 Å². The maximum Gasteiger partial charge on any atom is 0.339 e. The number of thiophene rings is 1. The van der Waals surface area contributed by atoms with Gasteiger partial charge in [0.15, 0.2) is 14.3 Å². The molecular formula is C34H31O4S+. The van der Waals surface area contributed by atoms with Crippen molar-refractivity contribution in [3.05, 3.63) is 107 Å². The molecule has 4 nitrogen and oxygen atoms in total. The summed E-state index contributed by atoms with van der Waals surface area (Å²) in [5.41, 5.74) is 2.62. The summed E-state index contributed by atoms with van der Waals surface area (Å²) in [6, 6.07) is 29.0. The van der Waals surface area contributed by atoms with Crippen LogP contribution in [0.5, 0.6) is 5.75 Å². The van der Waals surface area contributed by atoms with Crippen LogP contribution < -0.4 is 4.74 Å². The Bertz CT molecular complexity index is 1660. The summed E-state index contributed by atoms with van der Waals surface area (Å²) in [6.07, 6.45) is 3.44. The lowest BCUT2D eigenvalue weighted by Crippen LogP contribution is -2.30. The van der Waals surface area contributed by atoms with Crippen molar-refractivity contribution in [2.75, 3.05) is 0 Å². The lowest BCUT2D eigenvalue weighted by Gasteiger charge is -2.30. The standard InChI is InChI=1S/C34H31O4S/c1-22-19-27(39-30-15-6-4-13-28(30)29-14-5-7-16-31(29)39)20-23(2)32(22)33(36)38-34(17-8-9-18-34)25-11-10-12-26(21-25)37-24(3)35/h4-7,10-16,19-21H,8-9,17-18H2,1-3H3/q+1. The van der Waals surface area contributed by atoms with Crippen molar-refractivity contribution in [2.45, 2.75) is 52.1 Å². The number of ether oxygens (including phenoxy) is 2. The Morgan fingerprint density at radius 2 is 1.36 bits per heavy atom. The quantitative estimate of drug-likeness (QED) is 0.128. The lowest BCUT2D eigenvalue weighted by atomic mass is 9.91. The molecular weight excluding hydrogens is 504 g/mol. The maximum absolute atomic E-state index is 13.8. The van der Waals surface area contributed by atoms with Crippen LogP contribution >= 0.6 is 10.5 Å². The van der Waals surface area contributed by atoms with Crippen LogP contribution in [0.1, 0.15) is 59.7 Å². The Hall–Kier alpha value is -3.96. The first-order valence-corrected chi connectivity index (χ1v) is 14.6. The minimum atomic E-state index is -0.726. The summed E-state index contributed by atoms with van der Waals surface area (Å²) in [4.78, 5) is 26.5. The smallest absolute Gasteiger partial charge is 0.339 e. The highest BCUT2D eigenvalue weighted by molar-refractivity contribution is 7.50. The van der Waals surface area contributed by atoms with E-state index >= 15 is 0 Å². The minimum absolute atomic E-state index is 0.226. The van der Waals surface area contributed by atoms with E-state index in [-0.39, 0.29) is 22.4 Å². The number of rotatable bonds is 5. The van der Waals surface area contributed by atoms with E-state index in [2.05, 4.69) is 60.7 Å². The fourth-order valence-electron chi connectivity index (χ4n) is 6.10. The largest absolute Gasteiger partial charge is 0.451 e. The third-order valence-corrected chi connectivity index (χ3v) is 10.1. The summed E-state index contributed by atoms with van der Waals surface area (Å²) in [5, 5.41) is 2.57. The molecule has 0 atom stereocenters. The highest BCUT2D eigenvalue weighted by Gasteiger charge is 2.40. The Morgan fingerprint density at radius 3 is 1.95 bits per heavy atom. The van der Waals surface area contributed by atoms with E-state index in [1.807, 2.05) is 32.0 Å². The van der Waals surface area contributed by atoms with Crippen molar-refractivity contribution in [1.82, 2.24) is 0 Å². The number of benzene rings is 4. The molecule has 1 aliphatic rings. The summed E-state index contributed by atoms with van der Waals surface area (Å²) in [5.74, 6) is -0.201. The van der Waals surface area contributed by atoms with E-state index in [1.165, 1.54) is 32.0 Å². The second-order valence-corrected chi connectivity index (χ2v) is 12.4. The van der Waals surface area contributed by atoms with Gasteiger partial charge in [-0.3, -0.25) is 4.79 Å². The molecule has 0 spiro atoms. The van der Waals surface area contributed by atoms with Crippen LogP contribution in [0.2, 0.25) is 0 Å². The number of hydrogen-bond donors (Lipinski definition) is 0. The van der Waals surface area contributed by atoms with Crippen LogP contribution in [0.15, 0.2) is 84.9 Å². The van der Waals surface area contributed by atoms with E-state index in [0.717, 1.165) is 42.4 Å². The molecule has 0 amide bonds. The van der Waals surface area contributed by atoms with Gasteiger partial charge in [-0.2, -0.15) is 0 Å². The van der Waals surface area contributed by atoms with Gasteiger partial charge in [0.1, 0.15) is 11.4 Å². The topological polar surface area (TPSA) is 52.6 Å². The van der Waals surface area contributed by atoms with Gasteiger partial charge < -0.3 is 9.47 Å². The number of hydrogen-bond acceptors (Lipinski definition) is 4.